The van der Waals surface area contributed by atoms with Crippen molar-refractivity contribution in [3.05, 3.63) is 48.0 Å². The second-order valence-corrected chi connectivity index (χ2v) is 7.60. The molecule has 0 aliphatic heterocycles. The highest BCUT2D eigenvalue weighted by atomic mass is 16.1. The molecule has 3 N–H and O–H groups in total. The minimum Gasteiger partial charge on any atom is -0.352 e. The van der Waals surface area contributed by atoms with E-state index in [9.17, 15) is 4.79 Å². The van der Waals surface area contributed by atoms with Crippen molar-refractivity contribution in [2.45, 2.75) is 44.7 Å². The van der Waals surface area contributed by atoms with Crippen molar-refractivity contribution in [3.8, 4) is 0 Å². The van der Waals surface area contributed by atoms with Gasteiger partial charge in [-0.25, -0.2) is 0 Å². The van der Waals surface area contributed by atoms with Gasteiger partial charge in [0.05, 0.1) is 0 Å². The van der Waals surface area contributed by atoms with Gasteiger partial charge in [-0.05, 0) is 59.9 Å². The molecule has 3 nitrogen and oxygen atoms in total. The standard InChI is InChI=1S/C21H26N2O/c22-20-17-6-3-7-18(20)12-19(11-17)21(24)23-13-14-8-9-15-4-1-2-5-16(15)10-14/h1-2,4-5,8-10,17-20H,3,6-7,11-13,22H2,(H,23,24). The van der Waals surface area contributed by atoms with E-state index < -0.39 is 0 Å². The molecule has 0 aromatic heterocycles. The molecule has 0 radical (unpaired) electrons. The van der Waals surface area contributed by atoms with Gasteiger partial charge in [0.15, 0.2) is 0 Å². The third kappa shape index (κ3) is 3.05. The number of fused-ring (bicyclic) bond motifs is 3. The fourth-order valence-electron chi connectivity index (χ4n) is 4.69. The predicted molar refractivity (Wildman–Crippen MR) is 97.3 cm³/mol. The quantitative estimate of drug-likeness (QED) is 0.907. The molecule has 4 rings (SSSR count). The van der Waals surface area contributed by atoms with Crippen molar-refractivity contribution in [1.82, 2.24) is 5.32 Å². The van der Waals surface area contributed by atoms with Crippen molar-refractivity contribution < 1.29 is 4.79 Å². The summed E-state index contributed by atoms with van der Waals surface area (Å²) in [7, 11) is 0. The van der Waals surface area contributed by atoms with Gasteiger partial charge in [0.1, 0.15) is 0 Å². The van der Waals surface area contributed by atoms with Crippen LogP contribution in [0.15, 0.2) is 42.5 Å². The van der Waals surface area contributed by atoms with Crippen molar-refractivity contribution in [3.63, 3.8) is 0 Å². The van der Waals surface area contributed by atoms with Crippen LogP contribution in [0, 0.1) is 17.8 Å². The minimum absolute atomic E-state index is 0.153. The molecule has 2 unspecified atom stereocenters. The Hall–Kier alpha value is -1.87. The molecular formula is C21H26N2O. The molecule has 2 aliphatic carbocycles. The highest BCUT2D eigenvalue weighted by Gasteiger charge is 2.40. The summed E-state index contributed by atoms with van der Waals surface area (Å²) in [5.41, 5.74) is 7.49. The number of benzene rings is 2. The number of nitrogens with one attached hydrogen (secondary N) is 1. The predicted octanol–water partition coefficient (Wildman–Crippen LogP) is 3.61. The average molecular weight is 322 g/mol. The maximum Gasteiger partial charge on any atom is 0.223 e. The molecule has 0 saturated heterocycles. The lowest BCUT2D eigenvalue weighted by atomic mass is 9.65. The molecule has 0 spiro atoms. The highest BCUT2D eigenvalue weighted by Crippen LogP contribution is 2.41. The molecule has 0 heterocycles. The number of rotatable bonds is 3. The van der Waals surface area contributed by atoms with E-state index in [1.165, 1.54) is 30.0 Å². The molecule has 2 aromatic rings. The maximum atomic E-state index is 12.6. The van der Waals surface area contributed by atoms with Gasteiger partial charge in [-0.1, -0.05) is 42.8 Å². The molecule has 2 aliphatic rings. The first kappa shape index (κ1) is 15.6. The summed E-state index contributed by atoms with van der Waals surface area (Å²) in [6.07, 6.45) is 5.63. The first-order valence-corrected chi connectivity index (χ1v) is 9.21. The van der Waals surface area contributed by atoms with E-state index in [2.05, 4.69) is 47.8 Å². The summed E-state index contributed by atoms with van der Waals surface area (Å²) in [6, 6.07) is 15.1. The molecule has 3 heteroatoms. The van der Waals surface area contributed by atoms with E-state index in [-0.39, 0.29) is 11.8 Å². The number of hydrogen-bond donors (Lipinski definition) is 2. The van der Waals surface area contributed by atoms with Crippen LogP contribution in [0.25, 0.3) is 10.8 Å². The van der Waals surface area contributed by atoms with Crippen LogP contribution in [-0.4, -0.2) is 11.9 Å². The van der Waals surface area contributed by atoms with E-state index >= 15 is 0 Å². The number of carbonyl (C=O) groups excluding carboxylic acids is 1. The lowest BCUT2D eigenvalue weighted by Gasteiger charge is -2.43. The molecule has 2 saturated carbocycles. The second kappa shape index (κ2) is 6.56. The van der Waals surface area contributed by atoms with Crippen molar-refractivity contribution >= 4 is 16.7 Å². The zero-order valence-electron chi connectivity index (χ0n) is 14.1. The fraction of sp³-hybridized carbons (Fsp3) is 0.476. The summed E-state index contributed by atoms with van der Waals surface area (Å²) in [5, 5.41) is 5.62. The van der Waals surface area contributed by atoms with Crippen LogP contribution < -0.4 is 11.1 Å². The molecular weight excluding hydrogens is 296 g/mol. The fourth-order valence-corrected chi connectivity index (χ4v) is 4.69. The van der Waals surface area contributed by atoms with Gasteiger partial charge >= 0.3 is 0 Å². The first-order chi connectivity index (χ1) is 11.7. The second-order valence-electron chi connectivity index (χ2n) is 7.60. The van der Waals surface area contributed by atoms with Gasteiger partial charge in [-0.3, -0.25) is 4.79 Å². The molecule has 2 atom stereocenters. The van der Waals surface area contributed by atoms with Gasteiger partial charge in [0.25, 0.3) is 0 Å². The lowest BCUT2D eigenvalue weighted by Crippen LogP contribution is -2.49. The Morgan fingerprint density at radius 3 is 2.50 bits per heavy atom. The van der Waals surface area contributed by atoms with Crippen LogP contribution in [0.4, 0.5) is 0 Å². The van der Waals surface area contributed by atoms with Crippen LogP contribution in [0.5, 0.6) is 0 Å². The number of amides is 1. The SMILES string of the molecule is NC1C2CCCC1CC(C(=O)NCc1ccc3ccccc3c1)C2. The molecule has 2 bridgehead atoms. The summed E-state index contributed by atoms with van der Waals surface area (Å²) in [6.45, 7) is 0.613. The van der Waals surface area contributed by atoms with E-state index in [1.54, 1.807) is 0 Å². The monoisotopic (exact) mass is 322 g/mol. The van der Waals surface area contributed by atoms with Gasteiger partial charge in [-0.2, -0.15) is 0 Å². The normalized spacial score (nSPS) is 29.4. The van der Waals surface area contributed by atoms with Gasteiger partial charge in [-0.15, -0.1) is 0 Å². The lowest BCUT2D eigenvalue weighted by molar-refractivity contribution is -0.128. The summed E-state index contributed by atoms with van der Waals surface area (Å²) in [4.78, 5) is 12.6. The Bertz CT molecular complexity index is 727. The summed E-state index contributed by atoms with van der Waals surface area (Å²) < 4.78 is 0. The molecule has 1 amide bonds. The van der Waals surface area contributed by atoms with Gasteiger partial charge in [0, 0.05) is 18.5 Å². The Morgan fingerprint density at radius 2 is 1.75 bits per heavy atom. The van der Waals surface area contributed by atoms with E-state index in [4.69, 9.17) is 5.73 Å². The van der Waals surface area contributed by atoms with Crippen LogP contribution in [-0.2, 0) is 11.3 Å². The van der Waals surface area contributed by atoms with Gasteiger partial charge < -0.3 is 11.1 Å². The van der Waals surface area contributed by atoms with Gasteiger partial charge in [0.2, 0.25) is 5.91 Å². The Balaban J connectivity index is 1.39. The summed E-state index contributed by atoms with van der Waals surface area (Å²) >= 11 is 0. The third-order valence-corrected chi connectivity index (χ3v) is 6.06. The average Bonchev–Trinajstić information content (AvgIpc) is 2.59. The third-order valence-electron chi connectivity index (χ3n) is 6.06. The van der Waals surface area contributed by atoms with Crippen LogP contribution in [0.1, 0.15) is 37.7 Å². The topological polar surface area (TPSA) is 55.1 Å². The summed E-state index contributed by atoms with van der Waals surface area (Å²) in [5.74, 6) is 1.47. The minimum atomic E-state index is 0.153. The Morgan fingerprint density at radius 1 is 1.04 bits per heavy atom. The zero-order valence-corrected chi connectivity index (χ0v) is 14.1. The van der Waals surface area contributed by atoms with E-state index in [1.807, 2.05) is 0 Å². The number of nitrogens with two attached hydrogens (primary N) is 1. The molecule has 2 aromatic carbocycles. The highest BCUT2D eigenvalue weighted by molar-refractivity contribution is 5.83. The Labute approximate surface area is 143 Å². The van der Waals surface area contributed by atoms with Crippen molar-refractivity contribution in [1.29, 1.82) is 0 Å². The van der Waals surface area contributed by atoms with Crippen molar-refractivity contribution in [2.75, 3.05) is 0 Å². The van der Waals surface area contributed by atoms with Crippen molar-refractivity contribution in [2.24, 2.45) is 23.5 Å². The zero-order chi connectivity index (χ0) is 16.5. The Kier molecular flexibility index (Phi) is 4.28. The van der Waals surface area contributed by atoms with E-state index in [0.29, 0.717) is 24.4 Å². The van der Waals surface area contributed by atoms with Crippen LogP contribution in [0.2, 0.25) is 0 Å². The first-order valence-electron chi connectivity index (χ1n) is 9.21. The number of carbonyl (C=O) groups is 1. The molecule has 126 valence electrons. The smallest absolute Gasteiger partial charge is 0.223 e. The maximum absolute atomic E-state index is 12.6. The molecule has 2 fully saturated rings. The largest absolute Gasteiger partial charge is 0.352 e. The van der Waals surface area contributed by atoms with Crippen LogP contribution in [0.3, 0.4) is 0 Å². The van der Waals surface area contributed by atoms with E-state index in [0.717, 1.165) is 18.4 Å². The molecule has 24 heavy (non-hydrogen) atoms. The van der Waals surface area contributed by atoms with Crippen LogP contribution >= 0.6 is 0 Å². The number of hydrogen-bond acceptors (Lipinski definition) is 2.